The zero-order valence-corrected chi connectivity index (χ0v) is 16.3. The first-order valence-electron chi connectivity index (χ1n) is 8.60. The second-order valence-electron chi connectivity index (χ2n) is 6.04. The van der Waals surface area contributed by atoms with Gasteiger partial charge in [0.25, 0.3) is 0 Å². The number of carbonyl (C=O) groups is 1. The maximum absolute atomic E-state index is 12.3. The van der Waals surface area contributed by atoms with E-state index in [-0.39, 0.29) is 12.3 Å². The molecule has 0 aliphatic rings. The number of rotatable bonds is 7. The van der Waals surface area contributed by atoms with Crippen LogP contribution < -0.4 is 5.32 Å². The van der Waals surface area contributed by atoms with Crippen LogP contribution in [-0.4, -0.2) is 25.8 Å². The summed E-state index contributed by atoms with van der Waals surface area (Å²) >= 11 is 7.45. The predicted octanol–water partition coefficient (Wildman–Crippen LogP) is 4.27. The zero-order valence-electron chi connectivity index (χ0n) is 14.7. The van der Waals surface area contributed by atoms with Gasteiger partial charge in [-0.2, -0.15) is 10.1 Å². The Kier molecular flexibility index (Phi) is 5.50. The Morgan fingerprint density at radius 2 is 2.07 bits per heavy atom. The van der Waals surface area contributed by atoms with Crippen molar-refractivity contribution in [2.45, 2.75) is 19.4 Å². The van der Waals surface area contributed by atoms with Gasteiger partial charge in [-0.15, -0.1) is 11.3 Å². The summed E-state index contributed by atoms with van der Waals surface area (Å²) in [6.45, 7) is 0.535. The van der Waals surface area contributed by atoms with E-state index in [1.165, 1.54) is 11.3 Å². The lowest BCUT2D eigenvalue weighted by Crippen LogP contribution is -2.16. The van der Waals surface area contributed by atoms with E-state index in [4.69, 9.17) is 16.1 Å². The molecular weight excluding hydrogens is 398 g/mol. The minimum absolute atomic E-state index is 0.145. The molecule has 1 amide bonds. The molecule has 7 nitrogen and oxygen atoms in total. The monoisotopic (exact) mass is 413 g/mol. The summed E-state index contributed by atoms with van der Waals surface area (Å²) in [7, 11) is 0. The number of nitrogens with zero attached hydrogens (tertiary/aromatic N) is 4. The normalized spacial score (nSPS) is 10.9. The third-order valence-corrected chi connectivity index (χ3v) is 5.12. The van der Waals surface area contributed by atoms with E-state index in [9.17, 15) is 4.79 Å². The van der Waals surface area contributed by atoms with E-state index < -0.39 is 0 Å². The van der Waals surface area contributed by atoms with E-state index in [0.29, 0.717) is 35.5 Å². The van der Waals surface area contributed by atoms with E-state index in [1.807, 2.05) is 41.8 Å². The first-order valence-corrected chi connectivity index (χ1v) is 9.86. The first-order chi connectivity index (χ1) is 13.7. The Hall–Kier alpha value is -2.97. The molecule has 0 spiro atoms. The third-order valence-electron chi connectivity index (χ3n) is 4.01. The molecule has 0 atom stereocenters. The average Bonchev–Trinajstić information content (AvgIpc) is 3.44. The van der Waals surface area contributed by atoms with Crippen LogP contribution in [0.3, 0.4) is 0 Å². The number of aryl methyl sites for hydroxylation is 1. The Morgan fingerprint density at radius 1 is 1.21 bits per heavy atom. The second kappa shape index (κ2) is 8.37. The summed E-state index contributed by atoms with van der Waals surface area (Å²) < 4.78 is 6.95. The zero-order chi connectivity index (χ0) is 19.3. The molecule has 142 valence electrons. The van der Waals surface area contributed by atoms with Gasteiger partial charge in [-0.3, -0.25) is 4.79 Å². The molecule has 0 aliphatic heterocycles. The van der Waals surface area contributed by atoms with Crippen LogP contribution in [0.5, 0.6) is 0 Å². The summed E-state index contributed by atoms with van der Waals surface area (Å²) in [6.07, 6.45) is 2.25. The predicted molar refractivity (Wildman–Crippen MR) is 107 cm³/mol. The molecule has 1 aromatic carbocycles. The molecule has 1 N–H and O–H groups in total. The van der Waals surface area contributed by atoms with E-state index >= 15 is 0 Å². The van der Waals surface area contributed by atoms with Gasteiger partial charge in [0.1, 0.15) is 5.82 Å². The fourth-order valence-corrected chi connectivity index (χ4v) is 3.39. The highest BCUT2D eigenvalue weighted by atomic mass is 35.5. The van der Waals surface area contributed by atoms with Crippen molar-refractivity contribution in [3.8, 4) is 10.7 Å². The number of aromatic nitrogens is 4. The molecule has 0 fully saturated rings. The van der Waals surface area contributed by atoms with Crippen molar-refractivity contribution < 1.29 is 9.32 Å². The van der Waals surface area contributed by atoms with Crippen molar-refractivity contribution in [3.63, 3.8) is 0 Å². The quantitative estimate of drug-likeness (QED) is 0.489. The Morgan fingerprint density at radius 3 is 2.86 bits per heavy atom. The minimum atomic E-state index is -0.145. The van der Waals surface area contributed by atoms with Crippen LogP contribution in [0.4, 0.5) is 5.82 Å². The molecule has 0 saturated carbocycles. The number of thiophene rings is 1. The van der Waals surface area contributed by atoms with Crippen LogP contribution >= 0.6 is 22.9 Å². The van der Waals surface area contributed by atoms with E-state index in [2.05, 4.69) is 20.6 Å². The first kappa shape index (κ1) is 18.4. The van der Waals surface area contributed by atoms with Crippen LogP contribution in [0.15, 0.2) is 58.6 Å². The number of nitrogens with one attached hydrogen (secondary N) is 1. The number of amides is 1. The van der Waals surface area contributed by atoms with Gasteiger partial charge in [-0.25, -0.2) is 4.68 Å². The lowest BCUT2D eigenvalue weighted by atomic mass is 10.2. The molecule has 0 bridgehead atoms. The van der Waals surface area contributed by atoms with Gasteiger partial charge >= 0.3 is 0 Å². The second-order valence-corrected chi connectivity index (χ2v) is 7.42. The molecule has 4 rings (SSSR count). The SMILES string of the molecule is O=C(CCc1nc(-c2cccs2)no1)Nc1ccnn1Cc1ccc(Cl)cc1. The van der Waals surface area contributed by atoms with Crippen LogP contribution in [0, 0.1) is 0 Å². The lowest BCUT2D eigenvalue weighted by Gasteiger charge is -2.09. The van der Waals surface area contributed by atoms with Gasteiger partial charge in [-0.1, -0.05) is 35.0 Å². The number of hydrogen-bond donors (Lipinski definition) is 1. The maximum Gasteiger partial charge on any atom is 0.227 e. The van der Waals surface area contributed by atoms with Gasteiger partial charge in [-0.05, 0) is 29.1 Å². The van der Waals surface area contributed by atoms with Crippen LogP contribution in [-0.2, 0) is 17.8 Å². The molecule has 4 aromatic rings. The molecule has 3 heterocycles. The molecule has 0 radical (unpaired) electrons. The topological polar surface area (TPSA) is 85.8 Å². The maximum atomic E-state index is 12.3. The van der Waals surface area contributed by atoms with Gasteiger partial charge in [0.15, 0.2) is 0 Å². The van der Waals surface area contributed by atoms with Gasteiger partial charge < -0.3 is 9.84 Å². The van der Waals surface area contributed by atoms with Crippen molar-refractivity contribution in [1.82, 2.24) is 19.9 Å². The number of carbonyl (C=O) groups excluding carboxylic acids is 1. The molecule has 9 heteroatoms. The minimum Gasteiger partial charge on any atom is -0.339 e. The molecule has 0 saturated heterocycles. The van der Waals surface area contributed by atoms with Crippen LogP contribution in [0.2, 0.25) is 5.02 Å². The number of halogens is 1. The lowest BCUT2D eigenvalue weighted by molar-refractivity contribution is -0.116. The summed E-state index contributed by atoms with van der Waals surface area (Å²) in [4.78, 5) is 17.6. The highest BCUT2D eigenvalue weighted by Gasteiger charge is 2.13. The summed E-state index contributed by atoms with van der Waals surface area (Å²) in [6, 6.07) is 13.1. The molecular formula is C19H16ClN5O2S. The van der Waals surface area contributed by atoms with Crippen molar-refractivity contribution in [2.24, 2.45) is 0 Å². The number of anilines is 1. The smallest absolute Gasteiger partial charge is 0.227 e. The van der Waals surface area contributed by atoms with E-state index in [1.54, 1.807) is 16.9 Å². The molecule has 3 aromatic heterocycles. The average molecular weight is 414 g/mol. The largest absolute Gasteiger partial charge is 0.339 e. The van der Waals surface area contributed by atoms with E-state index in [0.717, 1.165) is 10.4 Å². The summed E-state index contributed by atoms with van der Waals surface area (Å²) in [5.74, 6) is 1.47. The highest BCUT2D eigenvalue weighted by molar-refractivity contribution is 7.13. The van der Waals surface area contributed by atoms with Gasteiger partial charge in [0, 0.05) is 23.9 Å². The summed E-state index contributed by atoms with van der Waals surface area (Å²) in [5, 5.41) is 13.7. The van der Waals surface area contributed by atoms with Crippen molar-refractivity contribution in [3.05, 3.63) is 70.5 Å². The fraction of sp³-hybridized carbons (Fsp3) is 0.158. The van der Waals surface area contributed by atoms with Crippen LogP contribution in [0.25, 0.3) is 10.7 Å². The van der Waals surface area contributed by atoms with Crippen molar-refractivity contribution in [1.29, 1.82) is 0 Å². The summed E-state index contributed by atoms with van der Waals surface area (Å²) in [5.41, 5.74) is 1.04. The molecule has 28 heavy (non-hydrogen) atoms. The standard InChI is InChI=1S/C19H16ClN5O2S/c20-14-5-3-13(4-6-14)12-25-16(9-10-21-25)22-17(26)7-8-18-23-19(24-27-18)15-2-1-11-28-15/h1-6,9-11H,7-8,12H2,(H,22,26). The number of benzene rings is 1. The highest BCUT2D eigenvalue weighted by Crippen LogP contribution is 2.21. The Bertz CT molecular complexity index is 1060. The van der Waals surface area contributed by atoms with Crippen LogP contribution in [0.1, 0.15) is 17.9 Å². The van der Waals surface area contributed by atoms with Crippen molar-refractivity contribution >= 4 is 34.7 Å². The van der Waals surface area contributed by atoms with Gasteiger partial charge in [0.05, 0.1) is 17.6 Å². The van der Waals surface area contributed by atoms with Gasteiger partial charge in [0.2, 0.25) is 17.6 Å². The molecule has 0 unspecified atom stereocenters. The Balaban J connectivity index is 1.33. The number of hydrogen-bond acceptors (Lipinski definition) is 6. The fourth-order valence-electron chi connectivity index (χ4n) is 2.62. The Labute approximate surface area is 170 Å². The molecule has 0 aliphatic carbocycles. The van der Waals surface area contributed by atoms with Crippen molar-refractivity contribution in [2.75, 3.05) is 5.32 Å². The third kappa shape index (κ3) is 4.47.